The van der Waals surface area contributed by atoms with E-state index in [0.29, 0.717) is 23.9 Å². The van der Waals surface area contributed by atoms with E-state index < -0.39 is 10.0 Å². The Labute approximate surface area is 230 Å². The van der Waals surface area contributed by atoms with E-state index >= 15 is 0 Å². The molecule has 204 valence electrons. The van der Waals surface area contributed by atoms with E-state index in [1.807, 2.05) is 24.3 Å². The molecule has 2 aliphatic rings. The van der Waals surface area contributed by atoms with Gasteiger partial charge in [0.25, 0.3) is 0 Å². The summed E-state index contributed by atoms with van der Waals surface area (Å²) in [6.07, 6.45) is 2.85. The highest BCUT2D eigenvalue weighted by Gasteiger charge is 2.28. The summed E-state index contributed by atoms with van der Waals surface area (Å²) in [7, 11) is -3.47. The fourth-order valence-corrected chi connectivity index (χ4v) is 7.47. The van der Waals surface area contributed by atoms with Gasteiger partial charge in [-0.25, -0.2) is 13.4 Å². The average Bonchev–Trinajstić information content (AvgIpc) is 3.33. The number of hydrogen-bond acceptors (Lipinski definition) is 6. The van der Waals surface area contributed by atoms with Crippen molar-refractivity contribution in [2.24, 2.45) is 10.9 Å². The van der Waals surface area contributed by atoms with Crippen LogP contribution in [0.1, 0.15) is 31.7 Å². The van der Waals surface area contributed by atoms with Crippen molar-refractivity contribution in [2.45, 2.75) is 44.6 Å². The molecular weight excluding hydrogens is 516 g/mol. The Morgan fingerprint density at radius 1 is 0.947 bits per heavy atom. The third-order valence-electron chi connectivity index (χ3n) is 7.55. The molecule has 0 unspecified atom stereocenters. The number of nitrogens with zero attached hydrogens (tertiary/aromatic N) is 4. The van der Waals surface area contributed by atoms with Crippen LogP contribution in [-0.2, 0) is 21.3 Å². The van der Waals surface area contributed by atoms with E-state index in [2.05, 4.69) is 40.8 Å². The molecule has 1 aromatic heterocycles. The lowest BCUT2D eigenvalue weighted by molar-refractivity contribution is 0.0369. The van der Waals surface area contributed by atoms with Crippen LogP contribution in [0.4, 0.5) is 5.69 Å². The summed E-state index contributed by atoms with van der Waals surface area (Å²) >= 11 is 1.62. The van der Waals surface area contributed by atoms with E-state index in [9.17, 15) is 8.42 Å². The molecule has 0 atom stereocenters. The molecule has 0 amide bonds. The number of sulfonamides is 1. The molecule has 2 aromatic carbocycles. The van der Waals surface area contributed by atoms with E-state index in [-0.39, 0.29) is 0 Å². The molecule has 0 bridgehead atoms. The number of aryl methyl sites for hydroxylation is 1. The Morgan fingerprint density at radius 2 is 1.63 bits per heavy atom. The molecule has 0 N–H and O–H groups in total. The Balaban J connectivity index is 1.40. The third kappa shape index (κ3) is 6.46. The SMILES string of the molecule is Cc1ccc(N=c2scc(-c3ccc(S(=O)(=O)N4CCC(C)CC4)cc3)n2CCCN2CCOCC2)cc1. The number of hydrogen-bond donors (Lipinski definition) is 0. The van der Waals surface area contributed by atoms with E-state index in [0.717, 1.165) is 80.4 Å². The molecule has 3 aromatic rings. The third-order valence-corrected chi connectivity index (χ3v) is 10.3. The van der Waals surface area contributed by atoms with Crippen LogP contribution >= 0.6 is 11.3 Å². The molecular formula is C29H38N4O3S2. The maximum atomic E-state index is 13.2. The lowest BCUT2D eigenvalue weighted by Gasteiger charge is -2.29. The van der Waals surface area contributed by atoms with Crippen LogP contribution in [0, 0.1) is 12.8 Å². The number of aromatic nitrogens is 1. The van der Waals surface area contributed by atoms with Gasteiger partial charge in [-0.15, -0.1) is 11.3 Å². The first-order chi connectivity index (χ1) is 18.4. The normalized spacial score (nSPS) is 18.7. The second-order valence-electron chi connectivity index (χ2n) is 10.4. The highest BCUT2D eigenvalue weighted by Crippen LogP contribution is 2.27. The number of piperidine rings is 1. The van der Waals surface area contributed by atoms with Gasteiger partial charge in [-0.1, -0.05) is 36.8 Å². The Bertz CT molecular complexity index is 1360. The van der Waals surface area contributed by atoms with Crippen LogP contribution in [-0.4, -0.2) is 68.1 Å². The summed E-state index contributed by atoms with van der Waals surface area (Å²) in [5.74, 6) is 0.584. The fraction of sp³-hybridized carbons (Fsp3) is 0.483. The maximum Gasteiger partial charge on any atom is 0.243 e. The highest BCUT2D eigenvalue weighted by atomic mass is 32.2. The topological polar surface area (TPSA) is 67.1 Å². The van der Waals surface area contributed by atoms with E-state index in [1.165, 1.54) is 5.56 Å². The Kier molecular flexibility index (Phi) is 8.80. The van der Waals surface area contributed by atoms with Gasteiger partial charge in [0.2, 0.25) is 10.0 Å². The van der Waals surface area contributed by atoms with Crippen molar-refractivity contribution in [1.82, 2.24) is 13.8 Å². The van der Waals surface area contributed by atoms with Crippen molar-refractivity contribution in [2.75, 3.05) is 45.9 Å². The summed E-state index contributed by atoms with van der Waals surface area (Å²) in [6, 6.07) is 15.7. The molecule has 7 nitrogen and oxygen atoms in total. The number of thiazole rings is 1. The van der Waals surface area contributed by atoms with Crippen molar-refractivity contribution < 1.29 is 13.2 Å². The molecule has 0 radical (unpaired) electrons. The van der Waals surface area contributed by atoms with Crippen LogP contribution in [0.15, 0.2) is 63.8 Å². The molecule has 2 saturated heterocycles. The van der Waals surface area contributed by atoms with Gasteiger partial charge in [-0.3, -0.25) is 4.90 Å². The molecule has 0 saturated carbocycles. The van der Waals surface area contributed by atoms with Gasteiger partial charge in [0.1, 0.15) is 0 Å². The minimum Gasteiger partial charge on any atom is -0.379 e. The van der Waals surface area contributed by atoms with Crippen molar-refractivity contribution >= 4 is 27.0 Å². The summed E-state index contributed by atoms with van der Waals surface area (Å²) in [4.78, 5) is 8.73. The fourth-order valence-electron chi connectivity index (χ4n) is 5.04. The molecule has 9 heteroatoms. The monoisotopic (exact) mass is 554 g/mol. The lowest BCUT2D eigenvalue weighted by Crippen LogP contribution is -2.37. The molecule has 2 aliphatic heterocycles. The van der Waals surface area contributed by atoms with Gasteiger partial charge < -0.3 is 9.30 Å². The second kappa shape index (κ2) is 12.3. The van der Waals surface area contributed by atoms with Gasteiger partial charge >= 0.3 is 0 Å². The summed E-state index contributed by atoms with van der Waals surface area (Å²) < 4.78 is 35.9. The molecule has 38 heavy (non-hydrogen) atoms. The van der Waals surface area contributed by atoms with Crippen LogP contribution in [0.5, 0.6) is 0 Å². The first-order valence-electron chi connectivity index (χ1n) is 13.6. The molecule has 3 heterocycles. The molecule has 0 aliphatic carbocycles. The van der Waals surface area contributed by atoms with E-state index in [1.54, 1.807) is 27.8 Å². The van der Waals surface area contributed by atoms with Crippen LogP contribution < -0.4 is 4.80 Å². The number of benzene rings is 2. The first-order valence-corrected chi connectivity index (χ1v) is 15.9. The highest BCUT2D eigenvalue weighted by molar-refractivity contribution is 7.89. The minimum atomic E-state index is -3.47. The second-order valence-corrected chi connectivity index (χ2v) is 13.2. The summed E-state index contributed by atoms with van der Waals surface area (Å²) in [6.45, 7) is 10.9. The minimum absolute atomic E-state index is 0.370. The number of ether oxygens (including phenoxy) is 1. The number of rotatable bonds is 8. The quantitative estimate of drug-likeness (QED) is 0.397. The predicted octanol–water partition coefficient (Wildman–Crippen LogP) is 4.90. The van der Waals surface area contributed by atoms with Crippen molar-refractivity contribution in [3.63, 3.8) is 0 Å². The van der Waals surface area contributed by atoms with Crippen molar-refractivity contribution in [3.8, 4) is 11.3 Å². The zero-order valence-corrected chi connectivity index (χ0v) is 24.0. The predicted molar refractivity (Wildman–Crippen MR) is 153 cm³/mol. The standard InChI is InChI=1S/C29H38N4O3S2/c1-23-4-8-26(9-5-23)30-29-33(15-3-14-31-18-20-36-21-19-31)28(22-37-29)25-6-10-27(11-7-25)38(34,35)32-16-12-24(2)13-17-32/h4-11,22,24H,3,12-21H2,1-2H3. The molecule has 0 spiro atoms. The average molecular weight is 555 g/mol. The van der Waals surface area contributed by atoms with Gasteiger partial charge in [0, 0.05) is 44.6 Å². The van der Waals surface area contributed by atoms with Gasteiger partial charge in [-0.05, 0) is 61.9 Å². The van der Waals surface area contributed by atoms with Gasteiger partial charge in [0.05, 0.1) is 29.5 Å². The maximum absolute atomic E-state index is 13.2. The molecule has 2 fully saturated rings. The van der Waals surface area contributed by atoms with Crippen molar-refractivity contribution in [3.05, 3.63) is 64.3 Å². The summed E-state index contributed by atoms with van der Waals surface area (Å²) in [5, 5.41) is 2.14. The zero-order valence-electron chi connectivity index (χ0n) is 22.4. The molecule has 5 rings (SSSR count). The largest absolute Gasteiger partial charge is 0.379 e. The van der Waals surface area contributed by atoms with Crippen LogP contribution in [0.2, 0.25) is 0 Å². The van der Waals surface area contributed by atoms with Gasteiger partial charge in [-0.2, -0.15) is 4.31 Å². The lowest BCUT2D eigenvalue weighted by atomic mass is 10.0. The first kappa shape index (κ1) is 27.3. The summed E-state index contributed by atoms with van der Waals surface area (Å²) in [5.41, 5.74) is 4.22. The van der Waals surface area contributed by atoms with Crippen LogP contribution in [0.25, 0.3) is 11.3 Å². The van der Waals surface area contributed by atoms with E-state index in [4.69, 9.17) is 9.73 Å². The smallest absolute Gasteiger partial charge is 0.243 e. The Hall–Kier alpha value is -2.30. The van der Waals surface area contributed by atoms with Crippen LogP contribution in [0.3, 0.4) is 0 Å². The van der Waals surface area contributed by atoms with Crippen molar-refractivity contribution in [1.29, 1.82) is 0 Å². The Morgan fingerprint density at radius 3 is 2.32 bits per heavy atom. The zero-order chi connectivity index (χ0) is 26.5. The number of morpholine rings is 1. The van der Waals surface area contributed by atoms with Gasteiger partial charge in [0.15, 0.2) is 4.80 Å².